The third kappa shape index (κ3) is 6.43. The Labute approximate surface area is 146 Å². The van der Waals surface area contributed by atoms with Crippen molar-refractivity contribution in [2.24, 2.45) is 0 Å². The third-order valence-electron chi connectivity index (χ3n) is 3.37. The number of hydrogen-bond acceptors (Lipinski definition) is 5. The summed E-state index contributed by atoms with van der Waals surface area (Å²) >= 11 is 0. The molecule has 1 N–H and O–H groups in total. The Hall–Kier alpha value is -2.60. The minimum Gasteiger partial charge on any atom is -0.508 e. The highest BCUT2D eigenvalue weighted by Gasteiger charge is 2.16. The molecule has 0 aliphatic carbocycles. The van der Waals surface area contributed by atoms with Crippen molar-refractivity contribution in [2.45, 2.75) is 26.1 Å². The molecule has 1 atom stereocenters. The molecule has 2 aromatic carbocycles. The van der Waals surface area contributed by atoms with Gasteiger partial charge in [-0.1, -0.05) is 18.2 Å². The number of ether oxygens (including phenoxy) is 3. The lowest BCUT2D eigenvalue weighted by molar-refractivity contribution is -0.151. The van der Waals surface area contributed by atoms with Crippen LogP contribution >= 0.6 is 0 Å². The van der Waals surface area contributed by atoms with Gasteiger partial charge in [-0.3, -0.25) is 0 Å². The summed E-state index contributed by atoms with van der Waals surface area (Å²) in [5.74, 6) is -0.190. The van der Waals surface area contributed by atoms with Crippen LogP contribution in [0.4, 0.5) is 4.39 Å². The molecule has 0 aliphatic rings. The lowest BCUT2D eigenvalue weighted by Gasteiger charge is -2.14. The molecule has 0 amide bonds. The maximum atomic E-state index is 13.4. The number of phenolic OH excluding ortho intramolecular Hbond substituents is 1. The summed E-state index contributed by atoms with van der Waals surface area (Å²) in [5.41, 5.74) is 0.496. The average Bonchev–Trinajstić information content (AvgIpc) is 2.61. The molecule has 0 radical (unpaired) electrons. The van der Waals surface area contributed by atoms with Crippen LogP contribution in [0.15, 0.2) is 48.5 Å². The van der Waals surface area contributed by atoms with Gasteiger partial charge in [-0.2, -0.15) is 0 Å². The Morgan fingerprint density at radius 3 is 2.56 bits per heavy atom. The summed E-state index contributed by atoms with van der Waals surface area (Å²) < 4.78 is 29.3. The number of hydrogen-bond donors (Lipinski definition) is 1. The fourth-order valence-electron chi connectivity index (χ4n) is 2.03. The maximum absolute atomic E-state index is 13.4. The van der Waals surface area contributed by atoms with Crippen molar-refractivity contribution in [1.82, 2.24) is 0 Å². The second kappa shape index (κ2) is 9.64. The Morgan fingerprint density at radius 2 is 1.84 bits per heavy atom. The van der Waals surface area contributed by atoms with Crippen molar-refractivity contribution in [3.05, 3.63) is 59.9 Å². The molecule has 0 spiro atoms. The summed E-state index contributed by atoms with van der Waals surface area (Å²) in [6.45, 7) is 2.32. The summed E-state index contributed by atoms with van der Waals surface area (Å²) in [6, 6.07) is 12.5. The van der Waals surface area contributed by atoms with E-state index in [-0.39, 0.29) is 24.8 Å². The van der Waals surface area contributed by atoms with Crippen LogP contribution in [0.25, 0.3) is 0 Å². The molecule has 2 aromatic rings. The topological polar surface area (TPSA) is 65.0 Å². The van der Waals surface area contributed by atoms with Crippen LogP contribution in [-0.2, 0) is 20.9 Å². The molecule has 5 nitrogen and oxygen atoms in total. The van der Waals surface area contributed by atoms with Gasteiger partial charge in [0, 0.05) is 12.0 Å². The van der Waals surface area contributed by atoms with Crippen LogP contribution in [0, 0.1) is 5.82 Å². The van der Waals surface area contributed by atoms with Crippen molar-refractivity contribution in [3.8, 4) is 11.5 Å². The molecule has 25 heavy (non-hydrogen) atoms. The van der Waals surface area contributed by atoms with E-state index in [1.165, 1.54) is 18.2 Å². The van der Waals surface area contributed by atoms with Gasteiger partial charge < -0.3 is 19.3 Å². The van der Waals surface area contributed by atoms with Gasteiger partial charge in [0.05, 0.1) is 19.8 Å². The van der Waals surface area contributed by atoms with E-state index in [4.69, 9.17) is 14.2 Å². The zero-order valence-electron chi connectivity index (χ0n) is 14.0. The molecule has 0 saturated heterocycles. The molecular formula is C19H21FO5. The highest BCUT2D eigenvalue weighted by atomic mass is 19.1. The quantitative estimate of drug-likeness (QED) is 0.555. The number of esters is 1. The first-order chi connectivity index (χ1) is 12.1. The van der Waals surface area contributed by atoms with E-state index in [2.05, 4.69) is 0 Å². The minimum atomic E-state index is -0.760. The third-order valence-corrected chi connectivity index (χ3v) is 3.37. The van der Waals surface area contributed by atoms with Gasteiger partial charge in [-0.25, -0.2) is 9.18 Å². The van der Waals surface area contributed by atoms with Crippen LogP contribution in [0.1, 0.15) is 18.9 Å². The molecule has 0 bridgehead atoms. The van der Waals surface area contributed by atoms with Gasteiger partial charge in [0.1, 0.15) is 17.3 Å². The zero-order valence-corrected chi connectivity index (χ0v) is 14.0. The van der Waals surface area contributed by atoms with Crippen LogP contribution in [0.2, 0.25) is 0 Å². The van der Waals surface area contributed by atoms with Crippen molar-refractivity contribution in [1.29, 1.82) is 0 Å². The molecule has 0 aromatic heterocycles. The van der Waals surface area contributed by atoms with Gasteiger partial charge in [0.2, 0.25) is 0 Å². The Balaban J connectivity index is 1.60. The van der Waals surface area contributed by atoms with Crippen LogP contribution in [-0.4, -0.2) is 30.4 Å². The number of carbonyl (C=O) groups excluding carboxylic acids is 1. The zero-order chi connectivity index (χ0) is 18.1. The molecule has 0 aliphatic heterocycles. The molecule has 1 unspecified atom stereocenters. The standard InChI is InChI=1S/C19H21FO5/c1-14(25-17-9-7-16(21)8-10-17)19(22)24-12-4-11-23-13-15-5-2-3-6-18(15)20/h2-3,5-10,14,21H,4,11-13H2,1H3. The largest absolute Gasteiger partial charge is 0.508 e. The van der Waals surface area contributed by atoms with E-state index in [1.807, 2.05) is 0 Å². The number of benzene rings is 2. The molecule has 0 fully saturated rings. The number of phenols is 1. The molecule has 134 valence electrons. The van der Waals surface area contributed by atoms with Crippen molar-refractivity contribution in [2.75, 3.05) is 13.2 Å². The van der Waals surface area contributed by atoms with Crippen LogP contribution < -0.4 is 4.74 Å². The van der Waals surface area contributed by atoms with Gasteiger partial charge >= 0.3 is 5.97 Å². The number of aromatic hydroxyl groups is 1. The smallest absolute Gasteiger partial charge is 0.347 e. The van der Waals surface area contributed by atoms with Crippen LogP contribution in [0.5, 0.6) is 11.5 Å². The fraction of sp³-hybridized carbons (Fsp3) is 0.316. The van der Waals surface area contributed by atoms with E-state index in [1.54, 1.807) is 37.3 Å². The molecular weight excluding hydrogens is 327 g/mol. The maximum Gasteiger partial charge on any atom is 0.347 e. The van der Waals surface area contributed by atoms with E-state index in [9.17, 15) is 14.3 Å². The Bertz CT molecular complexity index is 672. The number of carbonyl (C=O) groups is 1. The summed E-state index contributed by atoms with van der Waals surface area (Å²) in [6.07, 6.45) is -0.254. The average molecular weight is 348 g/mol. The summed E-state index contributed by atoms with van der Waals surface area (Å²) in [5, 5.41) is 9.20. The lowest BCUT2D eigenvalue weighted by atomic mass is 10.2. The highest BCUT2D eigenvalue weighted by molar-refractivity contribution is 5.74. The monoisotopic (exact) mass is 348 g/mol. The first kappa shape index (κ1) is 18.7. The molecule has 6 heteroatoms. The van der Waals surface area contributed by atoms with Gasteiger partial charge in [0.25, 0.3) is 0 Å². The molecule has 2 rings (SSSR count). The first-order valence-corrected chi connectivity index (χ1v) is 7.99. The van der Waals surface area contributed by atoms with E-state index in [0.29, 0.717) is 24.3 Å². The van der Waals surface area contributed by atoms with Gasteiger partial charge in [-0.15, -0.1) is 0 Å². The van der Waals surface area contributed by atoms with Gasteiger partial charge in [-0.05, 0) is 37.3 Å². The SMILES string of the molecule is CC(Oc1ccc(O)cc1)C(=O)OCCCOCc1ccccc1F. The van der Waals surface area contributed by atoms with Crippen LogP contribution in [0.3, 0.4) is 0 Å². The second-order valence-electron chi connectivity index (χ2n) is 5.42. The number of halogens is 1. The lowest BCUT2D eigenvalue weighted by Crippen LogP contribution is -2.26. The predicted molar refractivity (Wildman–Crippen MR) is 89.8 cm³/mol. The van der Waals surface area contributed by atoms with E-state index in [0.717, 1.165) is 0 Å². The number of rotatable bonds is 9. The highest BCUT2D eigenvalue weighted by Crippen LogP contribution is 2.17. The predicted octanol–water partition coefficient (Wildman–Crippen LogP) is 3.45. The van der Waals surface area contributed by atoms with Crippen molar-refractivity contribution < 1.29 is 28.5 Å². The normalized spacial score (nSPS) is 11.8. The summed E-state index contributed by atoms with van der Waals surface area (Å²) in [7, 11) is 0. The molecule has 0 heterocycles. The van der Waals surface area contributed by atoms with E-state index < -0.39 is 12.1 Å². The second-order valence-corrected chi connectivity index (χ2v) is 5.42. The first-order valence-electron chi connectivity index (χ1n) is 7.99. The van der Waals surface area contributed by atoms with Crippen molar-refractivity contribution in [3.63, 3.8) is 0 Å². The summed E-state index contributed by atoms with van der Waals surface area (Å²) in [4.78, 5) is 11.8. The van der Waals surface area contributed by atoms with Crippen molar-refractivity contribution >= 4 is 5.97 Å². The van der Waals surface area contributed by atoms with E-state index >= 15 is 0 Å². The molecule has 0 saturated carbocycles. The fourth-order valence-corrected chi connectivity index (χ4v) is 2.03. The minimum absolute atomic E-state index is 0.123. The Morgan fingerprint density at radius 1 is 1.12 bits per heavy atom. The Kier molecular flexibility index (Phi) is 7.22. The van der Waals surface area contributed by atoms with Gasteiger partial charge in [0.15, 0.2) is 6.10 Å².